The topological polar surface area (TPSA) is 59.4 Å². The zero-order chi connectivity index (χ0) is 12.3. The minimum Gasteiger partial charge on any atom is -0.481 e. The standard InChI is InChI=1S/C9H8BrF2NO3/c1-16-9-7(10)5(8(11)12)2-4(13-9)3-6(14)15/h2,8H,3H2,1H3,(H,14,15). The number of carboxylic acids is 1. The maximum Gasteiger partial charge on any atom is 0.309 e. The van der Waals surface area contributed by atoms with E-state index >= 15 is 0 Å². The molecule has 16 heavy (non-hydrogen) atoms. The number of methoxy groups -OCH3 is 1. The van der Waals surface area contributed by atoms with Crippen LogP contribution < -0.4 is 4.74 Å². The summed E-state index contributed by atoms with van der Waals surface area (Å²) in [6.07, 6.45) is -3.15. The van der Waals surface area contributed by atoms with Gasteiger partial charge in [-0.25, -0.2) is 13.8 Å². The lowest BCUT2D eigenvalue weighted by atomic mass is 10.2. The summed E-state index contributed by atoms with van der Waals surface area (Å²) < 4.78 is 30.0. The molecule has 7 heteroatoms. The number of hydrogen-bond donors (Lipinski definition) is 1. The first kappa shape index (κ1) is 12.8. The number of ether oxygens (including phenoxy) is 1. The van der Waals surface area contributed by atoms with Crippen LogP contribution in [0.15, 0.2) is 10.5 Å². The summed E-state index contributed by atoms with van der Waals surface area (Å²) in [5.41, 5.74) is -0.300. The van der Waals surface area contributed by atoms with Gasteiger partial charge < -0.3 is 9.84 Å². The van der Waals surface area contributed by atoms with Crippen LogP contribution in [0.1, 0.15) is 17.7 Å². The monoisotopic (exact) mass is 295 g/mol. The molecule has 0 aliphatic rings. The molecule has 4 nitrogen and oxygen atoms in total. The molecule has 1 heterocycles. The van der Waals surface area contributed by atoms with Crippen molar-refractivity contribution in [1.29, 1.82) is 0 Å². The average molecular weight is 296 g/mol. The molecule has 0 atom stereocenters. The van der Waals surface area contributed by atoms with E-state index in [9.17, 15) is 13.6 Å². The van der Waals surface area contributed by atoms with Crippen molar-refractivity contribution in [2.75, 3.05) is 7.11 Å². The molecule has 88 valence electrons. The molecule has 1 N–H and O–H groups in total. The van der Waals surface area contributed by atoms with Crippen LogP contribution in [0.5, 0.6) is 5.88 Å². The van der Waals surface area contributed by atoms with Crippen molar-refractivity contribution >= 4 is 21.9 Å². The molecule has 0 bridgehead atoms. The highest BCUT2D eigenvalue weighted by atomic mass is 79.9. The van der Waals surface area contributed by atoms with Crippen molar-refractivity contribution in [2.24, 2.45) is 0 Å². The summed E-state index contributed by atoms with van der Waals surface area (Å²) in [6, 6.07) is 1.05. The predicted octanol–water partition coefficient (Wildman–Crippen LogP) is 2.42. The number of alkyl halides is 2. The second-order valence-corrected chi connectivity index (χ2v) is 3.69. The Morgan fingerprint density at radius 2 is 2.31 bits per heavy atom. The summed E-state index contributed by atoms with van der Waals surface area (Å²) in [6.45, 7) is 0. The lowest BCUT2D eigenvalue weighted by molar-refractivity contribution is -0.136. The number of hydrogen-bond acceptors (Lipinski definition) is 3. The van der Waals surface area contributed by atoms with Crippen LogP contribution in [0.3, 0.4) is 0 Å². The fraction of sp³-hybridized carbons (Fsp3) is 0.333. The minimum absolute atomic E-state index is 0.0304. The molecule has 0 aliphatic carbocycles. The first-order valence-electron chi connectivity index (χ1n) is 4.19. The van der Waals surface area contributed by atoms with Gasteiger partial charge in [0.15, 0.2) is 0 Å². The number of aromatic nitrogens is 1. The molecule has 1 aromatic heterocycles. The molecular weight excluding hydrogens is 288 g/mol. The molecule has 0 unspecified atom stereocenters. The number of aliphatic carboxylic acids is 1. The van der Waals surface area contributed by atoms with Gasteiger partial charge in [0.1, 0.15) is 0 Å². The van der Waals surface area contributed by atoms with Gasteiger partial charge in [-0.2, -0.15) is 0 Å². The third-order valence-electron chi connectivity index (χ3n) is 1.77. The Labute approximate surface area is 98.4 Å². The molecule has 0 radical (unpaired) electrons. The molecule has 1 aromatic rings. The molecule has 1 rings (SSSR count). The molecule has 0 fully saturated rings. The Hall–Kier alpha value is -1.24. The fourth-order valence-corrected chi connectivity index (χ4v) is 1.66. The van der Waals surface area contributed by atoms with E-state index in [0.29, 0.717) is 0 Å². The summed E-state index contributed by atoms with van der Waals surface area (Å²) >= 11 is 2.93. The second-order valence-electron chi connectivity index (χ2n) is 2.90. The SMILES string of the molecule is COc1nc(CC(=O)O)cc(C(F)F)c1Br. The van der Waals surface area contributed by atoms with Crippen LogP contribution in [0.25, 0.3) is 0 Å². The normalized spacial score (nSPS) is 10.6. The van der Waals surface area contributed by atoms with Crippen molar-refractivity contribution < 1.29 is 23.4 Å². The van der Waals surface area contributed by atoms with Gasteiger partial charge in [0, 0.05) is 5.56 Å². The van der Waals surface area contributed by atoms with Gasteiger partial charge in [0.25, 0.3) is 6.43 Å². The highest BCUT2D eigenvalue weighted by molar-refractivity contribution is 9.10. The number of pyridine rings is 1. The Morgan fingerprint density at radius 1 is 1.69 bits per heavy atom. The Kier molecular flexibility index (Phi) is 4.17. The third kappa shape index (κ3) is 2.88. The van der Waals surface area contributed by atoms with E-state index in [0.717, 1.165) is 6.07 Å². The van der Waals surface area contributed by atoms with Gasteiger partial charge in [-0.1, -0.05) is 0 Å². The second kappa shape index (κ2) is 5.20. The van der Waals surface area contributed by atoms with E-state index in [1.54, 1.807) is 0 Å². The highest BCUT2D eigenvalue weighted by Gasteiger charge is 2.19. The van der Waals surface area contributed by atoms with Gasteiger partial charge in [-0.15, -0.1) is 0 Å². The van der Waals surface area contributed by atoms with E-state index in [1.165, 1.54) is 7.11 Å². The molecule has 0 aliphatic heterocycles. The van der Waals surface area contributed by atoms with E-state index in [-0.39, 0.29) is 21.6 Å². The Morgan fingerprint density at radius 3 is 2.75 bits per heavy atom. The number of rotatable bonds is 4. The van der Waals surface area contributed by atoms with Gasteiger partial charge in [-0.05, 0) is 22.0 Å². The van der Waals surface area contributed by atoms with Gasteiger partial charge >= 0.3 is 5.97 Å². The zero-order valence-corrected chi connectivity index (χ0v) is 9.79. The number of carboxylic acid groups (broad SMARTS) is 1. The molecule has 0 spiro atoms. The van der Waals surface area contributed by atoms with Crippen LogP contribution in [0, 0.1) is 0 Å². The summed E-state index contributed by atoms with van der Waals surface area (Å²) in [7, 11) is 1.27. The van der Waals surface area contributed by atoms with Crippen molar-refractivity contribution in [1.82, 2.24) is 4.98 Å². The van der Waals surface area contributed by atoms with E-state index in [4.69, 9.17) is 9.84 Å². The number of nitrogens with zero attached hydrogens (tertiary/aromatic N) is 1. The lowest BCUT2D eigenvalue weighted by Gasteiger charge is -2.09. The van der Waals surface area contributed by atoms with Crippen LogP contribution in [0.4, 0.5) is 8.78 Å². The molecule has 0 saturated carbocycles. The van der Waals surface area contributed by atoms with Gasteiger partial charge in [-0.3, -0.25) is 4.79 Å². The van der Waals surface area contributed by atoms with Crippen LogP contribution in [-0.4, -0.2) is 23.2 Å². The van der Waals surface area contributed by atoms with Crippen molar-refractivity contribution in [3.63, 3.8) is 0 Å². The zero-order valence-electron chi connectivity index (χ0n) is 8.21. The number of carbonyl (C=O) groups is 1. The lowest BCUT2D eigenvalue weighted by Crippen LogP contribution is -2.05. The van der Waals surface area contributed by atoms with E-state index < -0.39 is 18.8 Å². The fourth-order valence-electron chi connectivity index (χ4n) is 1.12. The first-order chi connectivity index (χ1) is 7.45. The highest BCUT2D eigenvalue weighted by Crippen LogP contribution is 2.33. The third-order valence-corrected chi connectivity index (χ3v) is 2.57. The average Bonchev–Trinajstić information content (AvgIpc) is 2.19. The molecule has 0 amide bonds. The largest absolute Gasteiger partial charge is 0.481 e. The Balaban J connectivity index is 3.22. The summed E-state index contributed by atoms with van der Waals surface area (Å²) in [5, 5.41) is 8.55. The summed E-state index contributed by atoms with van der Waals surface area (Å²) in [4.78, 5) is 14.2. The van der Waals surface area contributed by atoms with Crippen molar-refractivity contribution in [3.8, 4) is 5.88 Å². The first-order valence-corrected chi connectivity index (χ1v) is 4.98. The predicted molar refractivity (Wildman–Crippen MR) is 54.8 cm³/mol. The quantitative estimate of drug-likeness (QED) is 0.927. The van der Waals surface area contributed by atoms with E-state index in [2.05, 4.69) is 20.9 Å². The molecular formula is C9H8BrF2NO3. The van der Waals surface area contributed by atoms with Crippen molar-refractivity contribution in [2.45, 2.75) is 12.8 Å². The van der Waals surface area contributed by atoms with Crippen molar-refractivity contribution in [3.05, 3.63) is 21.8 Å². The Bertz CT molecular complexity index is 412. The van der Waals surface area contributed by atoms with E-state index in [1.807, 2.05) is 0 Å². The summed E-state index contributed by atoms with van der Waals surface area (Å²) in [5.74, 6) is -1.19. The smallest absolute Gasteiger partial charge is 0.309 e. The molecule has 0 aromatic carbocycles. The van der Waals surface area contributed by atoms with Gasteiger partial charge in [0.2, 0.25) is 5.88 Å². The number of halogens is 3. The van der Waals surface area contributed by atoms with Crippen LogP contribution in [0.2, 0.25) is 0 Å². The maximum absolute atomic E-state index is 12.6. The molecule has 0 saturated heterocycles. The van der Waals surface area contributed by atoms with Crippen LogP contribution in [-0.2, 0) is 11.2 Å². The van der Waals surface area contributed by atoms with Gasteiger partial charge in [0.05, 0.1) is 23.7 Å². The minimum atomic E-state index is -2.72. The van der Waals surface area contributed by atoms with Crippen LogP contribution >= 0.6 is 15.9 Å². The maximum atomic E-state index is 12.6.